The first-order valence-corrected chi connectivity index (χ1v) is 3.98. The van der Waals surface area contributed by atoms with Crippen LogP contribution in [0.15, 0.2) is 24.3 Å². The van der Waals surface area contributed by atoms with Crippen LogP contribution in [0.2, 0.25) is 0 Å². The maximum Gasteiger partial charge on any atom is 0.338 e. The molecular formula is C10H11FO2. The molecule has 0 bridgehead atoms. The predicted molar refractivity (Wildman–Crippen MR) is 47.3 cm³/mol. The molecule has 3 heteroatoms. The van der Waals surface area contributed by atoms with Gasteiger partial charge in [0, 0.05) is 5.56 Å². The van der Waals surface area contributed by atoms with Crippen molar-refractivity contribution in [3.63, 3.8) is 0 Å². The average molecular weight is 182 g/mol. The standard InChI is InChI=1S/C10H11FO2/c1-7(11)8-5-3-4-6-9(8)10(12)13-2/h3-7H,1-2H3. The Kier molecular flexibility index (Phi) is 3.01. The van der Waals surface area contributed by atoms with Crippen molar-refractivity contribution >= 4 is 5.97 Å². The van der Waals surface area contributed by atoms with Crippen LogP contribution in [0.3, 0.4) is 0 Å². The molecule has 0 aromatic heterocycles. The zero-order valence-corrected chi connectivity index (χ0v) is 7.58. The Hall–Kier alpha value is -1.38. The van der Waals surface area contributed by atoms with Crippen LogP contribution in [-0.4, -0.2) is 13.1 Å². The molecule has 1 aromatic carbocycles. The number of benzene rings is 1. The number of hydrogen-bond acceptors (Lipinski definition) is 2. The van der Waals surface area contributed by atoms with Crippen molar-refractivity contribution in [1.82, 2.24) is 0 Å². The second-order valence-electron chi connectivity index (χ2n) is 2.69. The minimum absolute atomic E-state index is 0.292. The van der Waals surface area contributed by atoms with Crippen LogP contribution in [0, 0.1) is 0 Å². The average Bonchev–Trinajstić information content (AvgIpc) is 2.16. The lowest BCUT2D eigenvalue weighted by Crippen LogP contribution is -2.05. The molecule has 0 amide bonds. The molecular weight excluding hydrogens is 171 g/mol. The molecule has 0 saturated heterocycles. The summed E-state index contributed by atoms with van der Waals surface area (Å²) in [6.07, 6.45) is -1.16. The van der Waals surface area contributed by atoms with Gasteiger partial charge in [-0.1, -0.05) is 18.2 Å². The van der Waals surface area contributed by atoms with Crippen molar-refractivity contribution in [2.24, 2.45) is 0 Å². The molecule has 0 heterocycles. The maximum absolute atomic E-state index is 13.0. The summed E-state index contributed by atoms with van der Waals surface area (Å²) in [5.74, 6) is -0.500. The molecule has 1 rings (SSSR count). The number of alkyl halides is 1. The molecule has 70 valence electrons. The van der Waals surface area contributed by atoms with Crippen molar-refractivity contribution in [3.8, 4) is 0 Å². The minimum Gasteiger partial charge on any atom is -0.465 e. The van der Waals surface area contributed by atoms with Gasteiger partial charge in [-0.15, -0.1) is 0 Å². The summed E-state index contributed by atoms with van der Waals surface area (Å²) in [4.78, 5) is 11.1. The molecule has 0 aliphatic carbocycles. The molecule has 1 atom stereocenters. The van der Waals surface area contributed by atoms with E-state index in [1.54, 1.807) is 24.3 Å². The van der Waals surface area contributed by atoms with Gasteiger partial charge in [-0.05, 0) is 13.0 Å². The number of ether oxygens (including phenoxy) is 1. The SMILES string of the molecule is COC(=O)c1ccccc1C(C)F. The molecule has 1 aromatic rings. The zero-order valence-electron chi connectivity index (χ0n) is 7.58. The van der Waals surface area contributed by atoms with Gasteiger partial charge in [0.1, 0.15) is 6.17 Å². The van der Waals surface area contributed by atoms with E-state index in [0.29, 0.717) is 11.1 Å². The summed E-state index contributed by atoms with van der Waals surface area (Å²) < 4.78 is 17.5. The summed E-state index contributed by atoms with van der Waals surface area (Å²) in [6.45, 7) is 1.39. The normalized spacial score (nSPS) is 12.2. The Bertz CT molecular complexity index is 308. The number of halogens is 1. The zero-order chi connectivity index (χ0) is 9.84. The lowest BCUT2D eigenvalue weighted by Gasteiger charge is -2.07. The number of rotatable bonds is 2. The van der Waals surface area contributed by atoms with Crippen LogP contribution < -0.4 is 0 Å². The molecule has 0 radical (unpaired) electrons. The third-order valence-corrected chi connectivity index (χ3v) is 1.79. The monoisotopic (exact) mass is 182 g/mol. The number of hydrogen-bond donors (Lipinski definition) is 0. The molecule has 0 fully saturated rings. The smallest absolute Gasteiger partial charge is 0.338 e. The maximum atomic E-state index is 13.0. The van der Waals surface area contributed by atoms with Crippen LogP contribution in [0.4, 0.5) is 4.39 Å². The first kappa shape index (κ1) is 9.71. The van der Waals surface area contributed by atoms with Gasteiger partial charge >= 0.3 is 5.97 Å². The van der Waals surface area contributed by atoms with Crippen molar-refractivity contribution in [3.05, 3.63) is 35.4 Å². The Labute approximate surface area is 76.3 Å². The number of esters is 1. The minimum atomic E-state index is -1.16. The van der Waals surface area contributed by atoms with Gasteiger partial charge in [0.05, 0.1) is 12.7 Å². The Morgan fingerprint density at radius 1 is 1.46 bits per heavy atom. The predicted octanol–water partition coefficient (Wildman–Crippen LogP) is 2.50. The first-order chi connectivity index (χ1) is 6.16. The van der Waals surface area contributed by atoms with E-state index in [4.69, 9.17) is 0 Å². The highest BCUT2D eigenvalue weighted by Gasteiger charge is 2.14. The molecule has 0 aliphatic rings. The third kappa shape index (κ3) is 2.05. The highest BCUT2D eigenvalue weighted by Crippen LogP contribution is 2.21. The molecule has 13 heavy (non-hydrogen) atoms. The topological polar surface area (TPSA) is 26.3 Å². The second kappa shape index (κ2) is 4.03. The lowest BCUT2D eigenvalue weighted by atomic mass is 10.0. The highest BCUT2D eigenvalue weighted by atomic mass is 19.1. The molecule has 0 N–H and O–H groups in total. The summed E-state index contributed by atoms with van der Waals surface area (Å²) in [7, 11) is 1.28. The summed E-state index contributed by atoms with van der Waals surface area (Å²) in [5, 5.41) is 0. The van der Waals surface area contributed by atoms with E-state index in [1.165, 1.54) is 14.0 Å². The fourth-order valence-electron chi connectivity index (χ4n) is 1.14. The van der Waals surface area contributed by atoms with Crippen LogP contribution in [0.25, 0.3) is 0 Å². The number of carbonyl (C=O) groups excluding carboxylic acids is 1. The summed E-state index contributed by atoms with van der Waals surface area (Å²) in [6, 6.07) is 6.50. The van der Waals surface area contributed by atoms with Crippen LogP contribution >= 0.6 is 0 Å². The van der Waals surface area contributed by atoms with Gasteiger partial charge in [-0.3, -0.25) is 0 Å². The Morgan fingerprint density at radius 2 is 2.08 bits per heavy atom. The van der Waals surface area contributed by atoms with Crippen LogP contribution in [0.5, 0.6) is 0 Å². The molecule has 1 unspecified atom stereocenters. The Balaban J connectivity index is 3.12. The van der Waals surface area contributed by atoms with Gasteiger partial charge in [0.2, 0.25) is 0 Å². The highest BCUT2D eigenvalue weighted by molar-refractivity contribution is 5.91. The van der Waals surface area contributed by atoms with Gasteiger partial charge < -0.3 is 4.74 Å². The Morgan fingerprint density at radius 3 is 2.62 bits per heavy atom. The molecule has 2 nitrogen and oxygen atoms in total. The van der Waals surface area contributed by atoms with Crippen molar-refractivity contribution < 1.29 is 13.9 Å². The summed E-state index contributed by atoms with van der Waals surface area (Å²) in [5.41, 5.74) is 0.661. The van der Waals surface area contributed by atoms with E-state index >= 15 is 0 Å². The largest absolute Gasteiger partial charge is 0.465 e. The fraction of sp³-hybridized carbons (Fsp3) is 0.300. The quantitative estimate of drug-likeness (QED) is 0.657. The summed E-state index contributed by atoms with van der Waals surface area (Å²) >= 11 is 0. The molecule has 0 saturated carbocycles. The van der Waals surface area contributed by atoms with Gasteiger partial charge in [-0.2, -0.15) is 0 Å². The van der Waals surface area contributed by atoms with Gasteiger partial charge in [0.25, 0.3) is 0 Å². The van der Waals surface area contributed by atoms with E-state index in [0.717, 1.165) is 0 Å². The fourth-order valence-corrected chi connectivity index (χ4v) is 1.14. The van der Waals surface area contributed by atoms with Crippen molar-refractivity contribution in [2.75, 3.05) is 7.11 Å². The molecule has 0 spiro atoms. The number of methoxy groups -OCH3 is 1. The first-order valence-electron chi connectivity index (χ1n) is 3.98. The van der Waals surface area contributed by atoms with E-state index in [9.17, 15) is 9.18 Å². The molecule has 0 aliphatic heterocycles. The van der Waals surface area contributed by atoms with E-state index in [1.807, 2.05) is 0 Å². The van der Waals surface area contributed by atoms with E-state index in [-0.39, 0.29) is 0 Å². The third-order valence-electron chi connectivity index (χ3n) is 1.79. The van der Waals surface area contributed by atoms with Gasteiger partial charge in [-0.25, -0.2) is 9.18 Å². The van der Waals surface area contributed by atoms with Gasteiger partial charge in [0.15, 0.2) is 0 Å². The van der Waals surface area contributed by atoms with Crippen molar-refractivity contribution in [1.29, 1.82) is 0 Å². The number of carbonyl (C=O) groups is 1. The van der Waals surface area contributed by atoms with E-state index in [2.05, 4.69) is 4.74 Å². The lowest BCUT2D eigenvalue weighted by molar-refractivity contribution is 0.0597. The second-order valence-corrected chi connectivity index (χ2v) is 2.69. The van der Waals surface area contributed by atoms with Crippen LogP contribution in [0.1, 0.15) is 29.0 Å². The van der Waals surface area contributed by atoms with E-state index < -0.39 is 12.1 Å². The van der Waals surface area contributed by atoms with Crippen molar-refractivity contribution in [2.45, 2.75) is 13.1 Å². The van der Waals surface area contributed by atoms with Crippen LogP contribution in [-0.2, 0) is 4.74 Å².